The van der Waals surface area contributed by atoms with Gasteiger partial charge in [0.2, 0.25) is 0 Å². The minimum absolute atomic E-state index is 0.0998. The normalized spacial score (nSPS) is 11.6. The average molecular weight is 451 g/mol. The molecule has 0 radical (unpaired) electrons. The number of aryl methyl sites for hydroxylation is 1. The van der Waals surface area contributed by atoms with Crippen LogP contribution in [0.1, 0.15) is 66.6 Å². The molecule has 32 heavy (non-hydrogen) atoms. The molecule has 0 unspecified atom stereocenters. The van der Waals surface area contributed by atoms with E-state index in [-0.39, 0.29) is 22.6 Å². The van der Waals surface area contributed by atoms with Gasteiger partial charge in [-0.25, -0.2) is 8.42 Å². The van der Waals surface area contributed by atoms with Gasteiger partial charge >= 0.3 is 0 Å². The summed E-state index contributed by atoms with van der Waals surface area (Å²) in [6.45, 7) is 10.2. The second-order valence-electron chi connectivity index (χ2n) is 8.52. The number of hydrogen-bond donors (Lipinski definition) is 2. The van der Waals surface area contributed by atoms with Gasteiger partial charge in [-0.3, -0.25) is 9.52 Å². The highest BCUT2D eigenvalue weighted by molar-refractivity contribution is 7.92. The van der Waals surface area contributed by atoms with Gasteiger partial charge in [-0.05, 0) is 65.8 Å². The highest BCUT2D eigenvalue weighted by Crippen LogP contribution is 2.32. The Morgan fingerprint density at radius 3 is 1.88 bits per heavy atom. The van der Waals surface area contributed by atoms with E-state index in [1.165, 1.54) is 24.3 Å². The van der Waals surface area contributed by atoms with E-state index >= 15 is 0 Å². The Morgan fingerprint density at radius 1 is 0.781 bits per heavy atom. The van der Waals surface area contributed by atoms with E-state index < -0.39 is 10.0 Å². The van der Waals surface area contributed by atoms with Gasteiger partial charge in [0.25, 0.3) is 15.9 Å². The molecule has 0 bridgehead atoms. The van der Waals surface area contributed by atoms with E-state index in [9.17, 15) is 13.2 Å². The van der Waals surface area contributed by atoms with Crippen LogP contribution in [-0.4, -0.2) is 14.3 Å². The topological polar surface area (TPSA) is 75.3 Å². The molecule has 0 saturated carbocycles. The summed E-state index contributed by atoms with van der Waals surface area (Å²) in [5.74, 6) is 0.240. The van der Waals surface area contributed by atoms with Crippen LogP contribution in [0.3, 0.4) is 0 Å². The summed E-state index contributed by atoms with van der Waals surface area (Å²) in [5.41, 5.74) is 4.74. The monoisotopic (exact) mass is 450 g/mol. The lowest BCUT2D eigenvalue weighted by Gasteiger charge is -2.20. The summed E-state index contributed by atoms with van der Waals surface area (Å²) < 4.78 is 28.1. The SMILES string of the molecule is Cc1ccccc1NS(=O)(=O)c1ccc(C(=O)Nc2c(C(C)C)cccc2C(C)C)cc1. The van der Waals surface area contributed by atoms with E-state index in [0.29, 0.717) is 11.3 Å². The standard InChI is InChI=1S/C26H30N2O3S/c1-17(2)22-10-8-11-23(18(3)4)25(22)27-26(29)20-13-15-21(16-14-20)32(30,31)28-24-12-7-6-9-19(24)5/h6-18,28H,1-5H3,(H,27,29). The Hall–Kier alpha value is -3.12. The molecular formula is C26H30N2O3S. The maximum absolute atomic E-state index is 13.0. The molecule has 0 heterocycles. The number of sulfonamides is 1. The van der Waals surface area contributed by atoms with Crippen LogP contribution in [0, 0.1) is 6.92 Å². The van der Waals surface area contributed by atoms with Crippen molar-refractivity contribution in [2.45, 2.75) is 51.3 Å². The highest BCUT2D eigenvalue weighted by atomic mass is 32.2. The average Bonchev–Trinajstić information content (AvgIpc) is 2.75. The molecule has 1 amide bonds. The van der Waals surface area contributed by atoms with E-state index in [1.807, 2.05) is 37.3 Å². The number of nitrogens with one attached hydrogen (secondary N) is 2. The summed E-state index contributed by atoms with van der Waals surface area (Å²) >= 11 is 0. The number of carbonyl (C=O) groups is 1. The number of carbonyl (C=O) groups excluding carboxylic acids is 1. The summed E-state index contributed by atoms with van der Waals surface area (Å²) in [7, 11) is -3.75. The molecule has 0 saturated heterocycles. The zero-order chi connectivity index (χ0) is 23.5. The van der Waals surface area contributed by atoms with Gasteiger partial charge in [0.05, 0.1) is 10.6 Å². The van der Waals surface area contributed by atoms with Crippen LogP contribution in [0.25, 0.3) is 0 Å². The molecule has 168 valence electrons. The van der Waals surface area contributed by atoms with Gasteiger partial charge in [-0.15, -0.1) is 0 Å². The summed E-state index contributed by atoms with van der Waals surface area (Å²) in [5, 5.41) is 3.06. The summed E-state index contributed by atoms with van der Waals surface area (Å²) in [6.07, 6.45) is 0. The minimum Gasteiger partial charge on any atom is -0.321 e. The Balaban J connectivity index is 1.84. The highest BCUT2D eigenvalue weighted by Gasteiger charge is 2.19. The molecule has 5 nitrogen and oxygen atoms in total. The van der Waals surface area contributed by atoms with Crippen LogP contribution in [-0.2, 0) is 10.0 Å². The van der Waals surface area contributed by atoms with Crippen LogP contribution in [0.15, 0.2) is 71.6 Å². The van der Waals surface area contributed by atoms with E-state index in [2.05, 4.69) is 37.7 Å². The third-order valence-electron chi connectivity index (χ3n) is 5.43. The number of amides is 1. The van der Waals surface area contributed by atoms with Crippen molar-refractivity contribution in [3.05, 3.63) is 89.0 Å². The molecule has 3 rings (SSSR count). The third kappa shape index (κ3) is 5.19. The van der Waals surface area contributed by atoms with Crippen LogP contribution < -0.4 is 10.0 Å². The van der Waals surface area contributed by atoms with Gasteiger partial charge in [-0.1, -0.05) is 64.1 Å². The Morgan fingerprint density at radius 2 is 1.34 bits per heavy atom. The molecule has 3 aromatic rings. The molecule has 3 aromatic carbocycles. The first-order valence-electron chi connectivity index (χ1n) is 10.7. The van der Waals surface area contributed by atoms with Crippen LogP contribution in [0.4, 0.5) is 11.4 Å². The third-order valence-corrected chi connectivity index (χ3v) is 6.81. The van der Waals surface area contributed by atoms with Crippen molar-refractivity contribution in [3.63, 3.8) is 0 Å². The number of benzene rings is 3. The number of hydrogen-bond acceptors (Lipinski definition) is 3. The largest absolute Gasteiger partial charge is 0.321 e. The fourth-order valence-electron chi connectivity index (χ4n) is 3.56. The molecule has 0 aromatic heterocycles. The first kappa shape index (κ1) is 23.5. The lowest BCUT2D eigenvalue weighted by molar-refractivity contribution is 0.102. The number of anilines is 2. The predicted molar refractivity (Wildman–Crippen MR) is 131 cm³/mol. The second kappa shape index (κ2) is 9.57. The quantitative estimate of drug-likeness (QED) is 0.444. The first-order chi connectivity index (χ1) is 15.1. The fraction of sp³-hybridized carbons (Fsp3) is 0.269. The van der Waals surface area contributed by atoms with Crippen molar-refractivity contribution in [3.8, 4) is 0 Å². The van der Waals surface area contributed by atoms with Gasteiger partial charge in [-0.2, -0.15) is 0 Å². The van der Waals surface area contributed by atoms with Gasteiger partial charge < -0.3 is 5.32 Å². The van der Waals surface area contributed by atoms with Crippen molar-refractivity contribution < 1.29 is 13.2 Å². The minimum atomic E-state index is -3.75. The van der Waals surface area contributed by atoms with Crippen molar-refractivity contribution >= 4 is 27.3 Å². The van der Waals surface area contributed by atoms with Gasteiger partial charge in [0, 0.05) is 11.3 Å². The predicted octanol–water partition coefficient (Wildman–Crippen LogP) is 6.29. The number of rotatable bonds is 7. The molecule has 6 heteroatoms. The van der Waals surface area contributed by atoms with Crippen molar-refractivity contribution in [2.75, 3.05) is 10.0 Å². The molecule has 2 N–H and O–H groups in total. The maximum atomic E-state index is 13.0. The first-order valence-corrected chi connectivity index (χ1v) is 12.2. The molecule has 0 aliphatic heterocycles. The summed E-state index contributed by atoms with van der Waals surface area (Å²) in [6, 6.07) is 19.2. The van der Waals surface area contributed by atoms with Crippen molar-refractivity contribution in [1.82, 2.24) is 0 Å². The van der Waals surface area contributed by atoms with Crippen LogP contribution >= 0.6 is 0 Å². The Bertz CT molecular complexity index is 1190. The van der Waals surface area contributed by atoms with Crippen molar-refractivity contribution in [1.29, 1.82) is 0 Å². The van der Waals surface area contributed by atoms with E-state index in [4.69, 9.17) is 0 Å². The number of para-hydroxylation sites is 2. The van der Waals surface area contributed by atoms with Crippen LogP contribution in [0.2, 0.25) is 0 Å². The molecule has 0 aliphatic rings. The molecule has 0 aliphatic carbocycles. The second-order valence-corrected chi connectivity index (χ2v) is 10.2. The zero-order valence-corrected chi connectivity index (χ0v) is 20.0. The van der Waals surface area contributed by atoms with Gasteiger partial charge in [0.15, 0.2) is 0 Å². The smallest absolute Gasteiger partial charge is 0.261 e. The molecule has 0 fully saturated rings. The Kier molecular flexibility index (Phi) is 7.04. The van der Waals surface area contributed by atoms with Crippen LogP contribution in [0.5, 0.6) is 0 Å². The maximum Gasteiger partial charge on any atom is 0.261 e. The lowest BCUT2D eigenvalue weighted by atomic mass is 9.92. The fourth-order valence-corrected chi connectivity index (χ4v) is 4.69. The molecular weight excluding hydrogens is 420 g/mol. The molecule has 0 spiro atoms. The van der Waals surface area contributed by atoms with E-state index in [0.717, 1.165) is 22.4 Å². The zero-order valence-electron chi connectivity index (χ0n) is 19.1. The molecule has 0 atom stereocenters. The summed E-state index contributed by atoms with van der Waals surface area (Å²) in [4.78, 5) is 13.1. The Labute approximate surface area is 190 Å². The lowest BCUT2D eigenvalue weighted by Crippen LogP contribution is -2.17. The van der Waals surface area contributed by atoms with E-state index in [1.54, 1.807) is 12.1 Å². The van der Waals surface area contributed by atoms with Gasteiger partial charge in [0.1, 0.15) is 0 Å². The van der Waals surface area contributed by atoms with Crippen molar-refractivity contribution in [2.24, 2.45) is 0 Å².